The average Bonchev–Trinajstić information content (AvgIpc) is 3.11. The van der Waals surface area contributed by atoms with Crippen LogP contribution in [0.25, 0.3) is 0 Å². The largest absolute Gasteiger partial charge is 0.244 e. The van der Waals surface area contributed by atoms with E-state index in [2.05, 4.69) is 54.2 Å². The van der Waals surface area contributed by atoms with Crippen LogP contribution in [0.5, 0.6) is 0 Å². The molecule has 2 atom stereocenters. The molecule has 1 heterocycles. The fourth-order valence-electron chi connectivity index (χ4n) is 3.53. The van der Waals surface area contributed by atoms with E-state index in [4.69, 9.17) is 0 Å². The summed E-state index contributed by atoms with van der Waals surface area (Å²) in [7, 11) is 0. The van der Waals surface area contributed by atoms with Crippen LogP contribution >= 0.6 is 0 Å². The van der Waals surface area contributed by atoms with Crippen molar-refractivity contribution in [3.8, 4) is 0 Å². The molecule has 0 saturated heterocycles. The summed E-state index contributed by atoms with van der Waals surface area (Å²) in [6.07, 6.45) is 14.9. The van der Waals surface area contributed by atoms with Crippen molar-refractivity contribution >= 4 is 12.4 Å². The minimum Gasteiger partial charge on any atom is -0.0965 e. The summed E-state index contributed by atoms with van der Waals surface area (Å²) < 4.78 is 0. The minimum absolute atomic E-state index is 0.497. The Morgan fingerprint density at radius 3 is 2.26 bits per heavy atom. The highest BCUT2D eigenvalue weighted by Gasteiger charge is 2.34. The zero-order chi connectivity index (χ0) is 16.3. The topological polar surface area (TPSA) is 24.7 Å². The monoisotopic (exact) mass is 311 g/mol. The van der Waals surface area contributed by atoms with Crippen LogP contribution < -0.4 is 0 Å². The van der Waals surface area contributed by atoms with E-state index in [0.29, 0.717) is 11.8 Å². The van der Waals surface area contributed by atoms with Crippen molar-refractivity contribution in [1.29, 1.82) is 0 Å². The standard InChI is InChI=1S/C21H31N2/c1-3-5-6-10-14-19(17-18-12-8-7-9-13-18)20(11-4-2)21-22-15-16-23-21/h7-9,12-13,15-16,19-20H,3-6,10-11,14,17H2,1-2H3/q+1. The lowest BCUT2D eigenvalue weighted by Crippen LogP contribution is -2.22. The smallest absolute Gasteiger partial charge is 0.0965 e. The lowest BCUT2D eigenvalue weighted by molar-refractivity contribution is 0.290. The van der Waals surface area contributed by atoms with E-state index >= 15 is 0 Å². The molecule has 1 aromatic rings. The minimum atomic E-state index is 0.497. The van der Waals surface area contributed by atoms with Crippen LogP contribution in [0.2, 0.25) is 0 Å². The van der Waals surface area contributed by atoms with E-state index in [9.17, 15) is 0 Å². The van der Waals surface area contributed by atoms with E-state index in [1.165, 1.54) is 50.5 Å². The maximum Gasteiger partial charge on any atom is 0.244 e. The van der Waals surface area contributed by atoms with Gasteiger partial charge in [-0.2, -0.15) is 0 Å². The van der Waals surface area contributed by atoms with Gasteiger partial charge in [-0.1, -0.05) is 86.3 Å². The molecule has 1 aliphatic heterocycles. The molecule has 2 unspecified atom stereocenters. The highest BCUT2D eigenvalue weighted by molar-refractivity contribution is 6.18. The molecule has 0 saturated carbocycles. The van der Waals surface area contributed by atoms with Crippen molar-refractivity contribution in [3.63, 3.8) is 0 Å². The van der Waals surface area contributed by atoms with Crippen molar-refractivity contribution in [1.82, 2.24) is 0 Å². The van der Waals surface area contributed by atoms with Gasteiger partial charge < -0.3 is 0 Å². The quantitative estimate of drug-likeness (QED) is 0.360. The molecule has 1 aliphatic rings. The van der Waals surface area contributed by atoms with Crippen LogP contribution in [0.15, 0.2) is 40.3 Å². The van der Waals surface area contributed by atoms with Gasteiger partial charge in [0.25, 0.3) is 0 Å². The number of benzene rings is 1. The lowest BCUT2D eigenvalue weighted by Gasteiger charge is -2.25. The number of nitrogens with zero attached hydrogens (tertiary/aromatic N) is 2. The maximum atomic E-state index is 4.53. The first-order valence-electron chi connectivity index (χ1n) is 9.32. The van der Waals surface area contributed by atoms with E-state index in [1.807, 2.05) is 12.4 Å². The third-order valence-electron chi connectivity index (χ3n) is 4.75. The molecule has 23 heavy (non-hydrogen) atoms. The Morgan fingerprint density at radius 2 is 1.61 bits per heavy atom. The Morgan fingerprint density at radius 1 is 0.870 bits per heavy atom. The number of hydrogen-bond acceptors (Lipinski definition) is 2. The molecule has 124 valence electrons. The second-order valence-corrected chi connectivity index (χ2v) is 6.61. The zero-order valence-electron chi connectivity index (χ0n) is 14.7. The maximum absolute atomic E-state index is 4.53. The summed E-state index contributed by atoms with van der Waals surface area (Å²) in [6.45, 7) is 4.55. The van der Waals surface area contributed by atoms with Gasteiger partial charge >= 0.3 is 0 Å². The first-order valence-corrected chi connectivity index (χ1v) is 9.32. The molecule has 2 heteroatoms. The van der Waals surface area contributed by atoms with Crippen LogP contribution in [0.4, 0.5) is 0 Å². The summed E-state index contributed by atoms with van der Waals surface area (Å²) in [5.74, 6) is 1.15. The Bertz CT molecular complexity index is 466. The molecule has 0 aliphatic carbocycles. The molecule has 2 rings (SSSR count). The molecule has 0 fully saturated rings. The second kappa shape index (κ2) is 10.3. The highest BCUT2D eigenvalue weighted by Crippen LogP contribution is 2.36. The predicted octanol–water partition coefficient (Wildman–Crippen LogP) is 5.88. The molecule has 0 spiro atoms. The summed E-state index contributed by atoms with van der Waals surface area (Å²) in [5.41, 5.74) is 1.45. The normalized spacial score (nSPS) is 16.0. The molecule has 0 bridgehead atoms. The van der Waals surface area contributed by atoms with Gasteiger partial charge in [-0.05, 0) is 30.7 Å². The summed E-state index contributed by atoms with van der Waals surface area (Å²) in [5, 5.41) is 0. The van der Waals surface area contributed by atoms with Crippen LogP contribution in [-0.4, -0.2) is 12.4 Å². The van der Waals surface area contributed by atoms with Gasteiger partial charge in [-0.25, -0.2) is 0 Å². The molecular weight excluding hydrogens is 280 g/mol. The number of rotatable bonds is 11. The van der Waals surface area contributed by atoms with Crippen LogP contribution in [0, 0.1) is 18.0 Å². The Labute approximate surface area is 142 Å². The summed E-state index contributed by atoms with van der Waals surface area (Å²) in [6, 6.07) is 10.9. The van der Waals surface area contributed by atoms with Crippen molar-refractivity contribution in [3.05, 3.63) is 42.1 Å². The van der Waals surface area contributed by atoms with Gasteiger partial charge in [0.15, 0.2) is 12.4 Å². The van der Waals surface area contributed by atoms with Crippen LogP contribution in [0.1, 0.15) is 64.4 Å². The third-order valence-corrected chi connectivity index (χ3v) is 4.75. The zero-order valence-corrected chi connectivity index (χ0v) is 14.7. The van der Waals surface area contributed by atoms with E-state index in [-0.39, 0.29) is 0 Å². The fourth-order valence-corrected chi connectivity index (χ4v) is 3.53. The van der Waals surface area contributed by atoms with Crippen molar-refractivity contribution in [2.45, 2.75) is 65.2 Å². The van der Waals surface area contributed by atoms with Crippen molar-refractivity contribution in [2.24, 2.45) is 21.8 Å². The number of hydrogen-bond donors (Lipinski definition) is 0. The van der Waals surface area contributed by atoms with Crippen LogP contribution in [0.3, 0.4) is 0 Å². The second-order valence-electron chi connectivity index (χ2n) is 6.61. The predicted molar refractivity (Wildman–Crippen MR) is 101 cm³/mol. The van der Waals surface area contributed by atoms with E-state index < -0.39 is 0 Å². The average molecular weight is 311 g/mol. The van der Waals surface area contributed by atoms with Crippen LogP contribution in [-0.2, 0) is 6.42 Å². The van der Waals surface area contributed by atoms with Gasteiger partial charge in [-0.15, -0.1) is 0 Å². The van der Waals surface area contributed by atoms with E-state index in [1.54, 1.807) is 0 Å². The molecular formula is C21H31N2+. The fraction of sp³-hybridized carbons (Fsp3) is 0.571. The molecule has 0 N–H and O–H groups in total. The Hall–Kier alpha value is -1.57. The van der Waals surface area contributed by atoms with Gasteiger partial charge in [0.1, 0.15) is 0 Å². The molecule has 0 radical (unpaired) electrons. The van der Waals surface area contributed by atoms with Crippen molar-refractivity contribution < 1.29 is 0 Å². The molecule has 0 amide bonds. The Balaban J connectivity index is 2.05. The first kappa shape index (κ1) is 17.8. The van der Waals surface area contributed by atoms with Gasteiger partial charge in [-0.3, -0.25) is 0 Å². The summed E-state index contributed by atoms with van der Waals surface area (Å²) >= 11 is 0. The van der Waals surface area contributed by atoms with E-state index in [0.717, 1.165) is 12.6 Å². The number of unbranched alkanes of at least 4 members (excludes halogenated alkanes) is 3. The molecule has 0 aromatic heterocycles. The SMILES string of the molecule is CCCCCCC(Cc1ccccc1)C(CCC)[C+]1N=CC=N1. The molecule has 1 aromatic carbocycles. The summed E-state index contributed by atoms with van der Waals surface area (Å²) in [4.78, 5) is 9.06. The highest BCUT2D eigenvalue weighted by atomic mass is 15.0. The Kier molecular flexibility index (Phi) is 7.92. The first-order chi connectivity index (χ1) is 11.3. The third kappa shape index (κ3) is 5.85. The van der Waals surface area contributed by atoms with Crippen molar-refractivity contribution in [2.75, 3.05) is 0 Å². The number of aliphatic imine (C=N–C) groups is 2. The van der Waals surface area contributed by atoms with Gasteiger partial charge in [0.05, 0.1) is 5.92 Å². The van der Waals surface area contributed by atoms with Gasteiger partial charge in [0.2, 0.25) is 6.17 Å². The van der Waals surface area contributed by atoms with Gasteiger partial charge in [0, 0.05) is 0 Å². The molecule has 2 nitrogen and oxygen atoms in total. The lowest BCUT2D eigenvalue weighted by atomic mass is 9.79.